The van der Waals surface area contributed by atoms with Gasteiger partial charge in [-0.05, 0) is 50.4 Å². The highest BCUT2D eigenvalue weighted by molar-refractivity contribution is 7.92. The quantitative estimate of drug-likeness (QED) is 0.789. The standard InChI is InChI=1S/C21H38N2O3S/c1-2-16-7-9-17(10-8-16)27(24,25)20-15-22-19-6-4-3-5-18(19)21(20)23-11-13-26-14-12-23/h16-22H,2-15H2,1H3. The van der Waals surface area contributed by atoms with Crippen molar-refractivity contribution >= 4 is 9.84 Å². The van der Waals surface area contributed by atoms with Gasteiger partial charge < -0.3 is 10.1 Å². The van der Waals surface area contributed by atoms with E-state index < -0.39 is 9.84 Å². The van der Waals surface area contributed by atoms with Crippen molar-refractivity contribution in [2.75, 3.05) is 32.8 Å². The molecule has 4 unspecified atom stereocenters. The van der Waals surface area contributed by atoms with Crippen LogP contribution < -0.4 is 5.32 Å². The van der Waals surface area contributed by atoms with Gasteiger partial charge in [0.2, 0.25) is 0 Å². The van der Waals surface area contributed by atoms with Gasteiger partial charge in [-0.15, -0.1) is 0 Å². The summed E-state index contributed by atoms with van der Waals surface area (Å²) in [5.41, 5.74) is 0. The second-order valence-electron chi connectivity index (χ2n) is 9.28. The fraction of sp³-hybridized carbons (Fsp3) is 1.00. The average molecular weight is 399 g/mol. The molecule has 2 aliphatic heterocycles. The molecule has 27 heavy (non-hydrogen) atoms. The number of hydrogen-bond donors (Lipinski definition) is 1. The van der Waals surface area contributed by atoms with Gasteiger partial charge in [0.25, 0.3) is 0 Å². The van der Waals surface area contributed by atoms with Crippen LogP contribution in [0.4, 0.5) is 0 Å². The Morgan fingerprint density at radius 3 is 2.41 bits per heavy atom. The van der Waals surface area contributed by atoms with Crippen molar-refractivity contribution in [1.82, 2.24) is 10.2 Å². The summed E-state index contributed by atoms with van der Waals surface area (Å²) >= 11 is 0. The number of nitrogens with one attached hydrogen (secondary N) is 1. The van der Waals surface area contributed by atoms with Gasteiger partial charge in [0.05, 0.1) is 23.7 Å². The average Bonchev–Trinajstić information content (AvgIpc) is 2.73. The Morgan fingerprint density at radius 2 is 1.70 bits per heavy atom. The highest BCUT2D eigenvalue weighted by Gasteiger charge is 2.50. The Balaban J connectivity index is 1.56. The highest BCUT2D eigenvalue weighted by atomic mass is 32.2. The fourth-order valence-electron chi connectivity index (χ4n) is 6.29. The monoisotopic (exact) mass is 398 g/mol. The zero-order valence-corrected chi connectivity index (χ0v) is 17.8. The smallest absolute Gasteiger partial charge is 0.158 e. The zero-order valence-electron chi connectivity index (χ0n) is 16.9. The van der Waals surface area contributed by atoms with Gasteiger partial charge in [-0.25, -0.2) is 8.42 Å². The summed E-state index contributed by atoms with van der Waals surface area (Å²) in [5.74, 6) is 1.22. The number of hydrogen-bond acceptors (Lipinski definition) is 5. The molecule has 156 valence electrons. The van der Waals surface area contributed by atoms with E-state index in [1.807, 2.05) is 0 Å². The summed E-state index contributed by atoms with van der Waals surface area (Å²) in [6, 6.07) is 0.697. The van der Waals surface area contributed by atoms with E-state index in [4.69, 9.17) is 4.74 Å². The number of nitrogens with zero attached hydrogens (tertiary/aromatic N) is 1. The molecule has 6 heteroatoms. The van der Waals surface area contributed by atoms with Crippen molar-refractivity contribution in [2.45, 2.75) is 87.3 Å². The number of piperidine rings is 1. The van der Waals surface area contributed by atoms with Crippen molar-refractivity contribution in [3.05, 3.63) is 0 Å². The molecule has 4 atom stereocenters. The van der Waals surface area contributed by atoms with Crippen molar-refractivity contribution in [3.63, 3.8) is 0 Å². The van der Waals surface area contributed by atoms with Gasteiger partial charge in [-0.1, -0.05) is 26.2 Å². The Morgan fingerprint density at radius 1 is 1.00 bits per heavy atom. The molecule has 0 bridgehead atoms. The lowest BCUT2D eigenvalue weighted by Gasteiger charge is -2.51. The van der Waals surface area contributed by atoms with Gasteiger partial charge in [0.1, 0.15) is 0 Å². The molecule has 0 spiro atoms. The Kier molecular flexibility index (Phi) is 6.47. The SMILES string of the molecule is CCC1CCC(S(=O)(=O)C2CNC3CCCCC3C2N2CCOCC2)CC1. The van der Waals surface area contributed by atoms with Crippen molar-refractivity contribution in [1.29, 1.82) is 0 Å². The number of ether oxygens (including phenoxy) is 1. The molecule has 4 rings (SSSR count). The molecule has 4 aliphatic rings. The summed E-state index contributed by atoms with van der Waals surface area (Å²) < 4.78 is 33.1. The maximum atomic E-state index is 13.8. The predicted octanol–water partition coefficient (Wildman–Crippen LogP) is 2.60. The van der Waals surface area contributed by atoms with Crippen LogP contribution in [-0.2, 0) is 14.6 Å². The Labute approximate surface area is 165 Å². The molecule has 0 amide bonds. The van der Waals surface area contributed by atoms with Gasteiger partial charge in [0.15, 0.2) is 9.84 Å². The largest absolute Gasteiger partial charge is 0.379 e. The van der Waals surface area contributed by atoms with E-state index >= 15 is 0 Å². The first-order valence-corrected chi connectivity index (χ1v) is 13.0. The second kappa shape index (κ2) is 8.68. The summed E-state index contributed by atoms with van der Waals surface area (Å²) in [7, 11) is -3.11. The third-order valence-corrected chi connectivity index (χ3v) is 10.6. The van der Waals surface area contributed by atoms with E-state index in [0.717, 1.165) is 57.9 Å². The maximum Gasteiger partial charge on any atom is 0.158 e. The molecule has 0 aromatic heterocycles. The molecular formula is C21H38N2O3S. The summed E-state index contributed by atoms with van der Waals surface area (Å²) in [6.45, 7) is 6.16. The minimum atomic E-state index is -3.11. The van der Waals surface area contributed by atoms with E-state index in [2.05, 4.69) is 17.1 Å². The third kappa shape index (κ3) is 4.10. The first-order chi connectivity index (χ1) is 13.1. The minimum absolute atomic E-state index is 0.115. The molecule has 4 fully saturated rings. The fourth-order valence-corrected chi connectivity index (χ4v) is 8.81. The van der Waals surface area contributed by atoms with Gasteiger partial charge in [0, 0.05) is 31.7 Å². The van der Waals surface area contributed by atoms with Crippen LogP contribution >= 0.6 is 0 Å². The van der Waals surface area contributed by atoms with Crippen LogP contribution in [0.5, 0.6) is 0 Å². The van der Waals surface area contributed by atoms with Crippen LogP contribution in [0.2, 0.25) is 0 Å². The van der Waals surface area contributed by atoms with E-state index in [9.17, 15) is 8.42 Å². The summed E-state index contributed by atoms with van der Waals surface area (Å²) in [6.07, 6.45) is 10.0. The van der Waals surface area contributed by atoms with Gasteiger partial charge >= 0.3 is 0 Å². The predicted molar refractivity (Wildman–Crippen MR) is 109 cm³/mol. The molecular weight excluding hydrogens is 360 g/mol. The number of fused-ring (bicyclic) bond motifs is 1. The van der Waals surface area contributed by atoms with Crippen LogP contribution in [-0.4, -0.2) is 68.7 Å². The lowest BCUT2D eigenvalue weighted by molar-refractivity contribution is -0.0173. The molecule has 5 nitrogen and oxygen atoms in total. The molecule has 2 aliphatic carbocycles. The van der Waals surface area contributed by atoms with Crippen molar-refractivity contribution in [3.8, 4) is 0 Å². The second-order valence-corrected chi connectivity index (χ2v) is 11.7. The van der Waals surface area contributed by atoms with Crippen LogP contribution in [0.15, 0.2) is 0 Å². The molecule has 2 saturated carbocycles. The zero-order chi connectivity index (χ0) is 18.9. The van der Waals surface area contributed by atoms with E-state index in [1.165, 1.54) is 32.1 Å². The lowest BCUT2D eigenvalue weighted by atomic mass is 9.75. The third-order valence-electron chi connectivity index (χ3n) is 7.95. The van der Waals surface area contributed by atoms with E-state index in [0.29, 0.717) is 18.5 Å². The molecule has 0 radical (unpaired) electrons. The number of rotatable bonds is 4. The number of sulfone groups is 1. The number of morpholine rings is 1. The Bertz CT molecular complexity index is 582. The van der Waals surface area contributed by atoms with Crippen LogP contribution in [0.1, 0.15) is 64.7 Å². The topological polar surface area (TPSA) is 58.6 Å². The Hall–Kier alpha value is -0.170. The van der Waals surface area contributed by atoms with Crippen LogP contribution in [0, 0.1) is 11.8 Å². The molecule has 2 saturated heterocycles. The molecule has 1 N–H and O–H groups in total. The molecule has 0 aromatic carbocycles. The van der Waals surface area contributed by atoms with E-state index in [-0.39, 0.29) is 16.5 Å². The maximum absolute atomic E-state index is 13.8. The summed E-state index contributed by atoms with van der Waals surface area (Å²) in [4.78, 5) is 2.48. The molecule has 2 heterocycles. The van der Waals surface area contributed by atoms with E-state index in [1.54, 1.807) is 0 Å². The van der Waals surface area contributed by atoms with Gasteiger partial charge in [-0.2, -0.15) is 0 Å². The molecule has 0 aromatic rings. The van der Waals surface area contributed by atoms with Crippen LogP contribution in [0.3, 0.4) is 0 Å². The van der Waals surface area contributed by atoms with Gasteiger partial charge in [-0.3, -0.25) is 4.90 Å². The van der Waals surface area contributed by atoms with Crippen molar-refractivity contribution in [2.24, 2.45) is 11.8 Å². The first-order valence-electron chi connectivity index (χ1n) is 11.4. The first kappa shape index (κ1) is 20.1. The summed E-state index contributed by atoms with van der Waals surface area (Å²) in [5, 5.41) is 3.32. The normalized spacial score (nSPS) is 41.8. The van der Waals surface area contributed by atoms with Crippen molar-refractivity contribution < 1.29 is 13.2 Å². The lowest BCUT2D eigenvalue weighted by Crippen LogP contribution is -2.67. The van der Waals surface area contributed by atoms with Crippen LogP contribution in [0.25, 0.3) is 0 Å². The minimum Gasteiger partial charge on any atom is -0.379 e. The highest BCUT2D eigenvalue weighted by Crippen LogP contribution is 2.39.